The molecule has 1 aromatic rings. The highest BCUT2D eigenvalue weighted by atomic mass is 19.1. The molecule has 0 spiro atoms. The third-order valence-corrected chi connectivity index (χ3v) is 6.54. The highest BCUT2D eigenvalue weighted by Gasteiger charge is 2.43. The molecular weight excluding hydrogens is 383 g/mol. The van der Waals surface area contributed by atoms with Gasteiger partial charge in [0.2, 0.25) is 5.91 Å². The van der Waals surface area contributed by atoms with E-state index in [9.17, 15) is 19.2 Å². The zero-order valence-corrected chi connectivity index (χ0v) is 16.3. The summed E-state index contributed by atoms with van der Waals surface area (Å²) >= 11 is 0. The van der Waals surface area contributed by atoms with Gasteiger partial charge in [-0.25, -0.2) is 9.38 Å². The second-order valence-electron chi connectivity index (χ2n) is 8.39. The number of benzene rings is 1. The number of rotatable bonds is 4. The molecule has 2 unspecified atom stereocenters. The van der Waals surface area contributed by atoms with Crippen LogP contribution in [0.15, 0.2) is 47.2 Å². The molecule has 0 radical (unpaired) electrons. The maximum absolute atomic E-state index is 13.7. The zero-order chi connectivity index (χ0) is 20.8. The summed E-state index contributed by atoms with van der Waals surface area (Å²) in [6.07, 6.45) is 7.66. The zero-order valence-electron chi connectivity index (χ0n) is 16.3. The van der Waals surface area contributed by atoms with Gasteiger partial charge in [0.05, 0.1) is 23.4 Å². The molecule has 5 atom stereocenters. The van der Waals surface area contributed by atoms with Crippen LogP contribution in [0.4, 0.5) is 4.39 Å². The smallest absolute Gasteiger partial charge is 0.257 e. The Hall–Kier alpha value is -3.11. The molecule has 152 valence electrons. The van der Waals surface area contributed by atoms with E-state index in [0.29, 0.717) is 22.9 Å². The molecule has 2 amide bonds. The van der Waals surface area contributed by atoms with Crippen LogP contribution in [0.25, 0.3) is 5.57 Å². The van der Waals surface area contributed by atoms with Crippen LogP contribution in [0.1, 0.15) is 24.8 Å². The van der Waals surface area contributed by atoms with E-state index in [0.717, 1.165) is 30.0 Å². The molecule has 2 fully saturated rings. The lowest BCUT2D eigenvalue weighted by Crippen LogP contribution is -2.51. The summed E-state index contributed by atoms with van der Waals surface area (Å²) in [4.78, 5) is 29.2. The molecule has 30 heavy (non-hydrogen) atoms. The van der Waals surface area contributed by atoms with Gasteiger partial charge in [-0.2, -0.15) is 5.26 Å². The highest BCUT2D eigenvalue weighted by Crippen LogP contribution is 2.35. The number of hydrogen-bond donors (Lipinski definition) is 2. The van der Waals surface area contributed by atoms with Gasteiger partial charge in [-0.1, -0.05) is 18.2 Å². The summed E-state index contributed by atoms with van der Waals surface area (Å²) in [5, 5.41) is 17.2. The van der Waals surface area contributed by atoms with Crippen LogP contribution in [0.5, 0.6) is 0 Å². The fourth-order valence-electron chi connectivity index (χ4n) is 5.15. The Morgan fingerprint density at radius 1 is 1.37 bits per heavy atom. The van der Waals surface area contributed by atoms with Gasteiger partial charge in [0.25, 0.3) is 5.91 Å². The Morgan fingerprint density at radius 3 is 2.97 bits per heavy atom. The van der Waals surface area contributed by atoms with Gasteiger partial charge in [-0.05, 0) is 54.5 Å². The van der Waals surface area contributed by atoms with Gasteiger partial charge < -0.3 is 10.6 Å². The number of halogens is 1. The molecular formula is C23H21FN4O2. The summed E-state index contributed by atoms with van der Waals surface area (Å²) in [6, 6.07) is 7.04. The van der Waals surface area contributed by atoms with E-state index < -0.39 is 23.7 Å². The number of nitrogens with zero attached hydrogens (tertiary/aromatic N) is 2. The fourth-order valence-corrected chi connectivity index (χ4v) is 5.15. The number of amides is 2. The largest absolute Gasteiger partial charge is 0.339 e. The quantitative estimate of drug-likeness (QED) is 0.774. The number of hydrogen-bond acceptors (Lipinski definition) is 4. The van der Waals surface area contributed by atoms with E-state index >= 15 is 0 Å². The third-order valence-electron chi connectivity index (χ3n) is 6.54. The second-order valence-corrected chi connectivity index (χ2v) is 8.39. The van der Waals surface area contributed by atoms with Crippen molar-refractivity contribution in [3.8, 4) is 6.07 Å². The lowest BCUT2D eigenvalue weighted by molar-refractivity contribution is -0.124. The minimum absolute atomic E-state index is 0.133. The van der Waals surface area contributed by atoms with Crippen molar-refractivity contribution in [3.63, 3.8) is 0 Å². The number of nitrogens with one attached hydrogen (secondary N) is 2. The molecule has 2 bridgehead atoms. The summed E-state index contributed by atoms with van der Waals surface area (Å²) in [7, 11) is 0. The highest BCUT2D eigenvalue weighted by molar-refractivity contribution is 5.95. The normalized spacial score (nSPS) is 29.4. The van der Waals surface area contributed by atoms with E-state index in [-0.39, 0.29) is 18.4 Å². The average Bonchev–Trinajstić information content (AvgIpc) is 3.37. The third kappa shape index (κ3) is 3.17. The molecule has 2 heterocycles. The van der Waals surface area contributed by atoms with Crippen molar-refractivity contribution in [2.75, 3.05) is 0 Å². The van der Waals surface area contributed by atoms with Crippen LogP contribution in [-0.2, 0) is 16.0 Å². The Bertz CT molecular complexity index is 1160. The molecule has 5 rings (SSSR count). The van der Waals surface area contributed by atoms with Crippen molar-refractivity contribution in [2.45, 2.75) is 43.8 Å². The van der Waals surface area contributed by atoms with E-state index in [2.05, 4.69) is 21.7 Å². The molecule has 6 nitrogen and oxygen atoms in total. The molecule has 2 aliphatic heterocycles. The lowest BCUT2D eigenvalue weighted by Gasteiger charge is -2.24. The number of carbonyl (C=O) groups is 2. The van der Waals surface area contributed by atoms with E-state index in [1.807, 2.05) is 6.07 Å². The molecule has 1 saturated heterocycles. The summed E-state index contributed by atoms with van der Waals surface area (Å²) in [5.41, 5.74) is 1.48. The van der Waals surface area contributed by atoms with Crippen molar-refractivity contribution in [3.05, 3.63) is 58.4 Å². The number of carbonyl (C=O) groups excluding carboxylic acids is 2. The Balaban J connectivity index is 1.44. The maximum atomic E-state index is 13.7. The predicted molar refractivity (Wildman–Crippen MR) is 107 cm³/mol. The van der Waals surface area contributed by atoms with Crippen LogP contribution in [0.3, 0.4) is 0 Å². The average molecular weight is 404 g/mol. The van der Waals surface area contributed by atoms with Gasteiger partial charge in [-0.3, -0.25) is 9.59 Å². The first-order valence-corrected chi connectivity index (χ1v) is 10.3. The van der Waals surface area contributed by atoms with Crippen molar-refractivity contribution in [1.82, 2.24) is 10.6 Å². The standard InChI is InChI=1S/C23H21FN4O2/c24-14-5-7-17-18(10-14)22(29)28-19-3-1-2-12(20(17)19)8-16(11-25)27-23(30)21-13-4-6-15(9-13)26-21/h1-3,5,7,10,13,15-16,18,21,26H,4,6,8-9H2,(H,27,30)/t13-,15+,16?,18?,21-/m0/s1. The van der Waals surface area contributed by atoms with Crippen LogP contribution in [0.2, 0.25) is 0 Å². The minimum atomic E-state index is -0.753. The molecule has 7 heteroatoms. The molecule has 2 N–H and O–H groups in total. The molecule has 1 aromatic carbocycles. The number of allylic oxidation sites excluding steroid dienone is 3. The van der Waals surface area contributed by atoms with Crippen molar-refractivity contribution in [1.29, 1.82) is 5.26 Å². The molecule has 4 aliphatic rings. The number of fused-ring (bicyclic) bond motifs is 4. The molecule has 2 aliphatic carbocycles. The SMILES string of the molecule is N#CC(Cc1cccc2c1=C1C=CC(F)=CC1C(=O)N=2)NC(=O)[C@H]1N[C@@H]2CC[C@H]1C2. The van der Waals surface area contributed by atoms with Gasteiger partial charge in [0.1, 0.15) is 11.9 Å². The summed E-state index contributed by atoms with van der Waals surface area (Å²) < 4.78 is 13.7. The van der Waals surface area contributed by atoms with Crippen LogP contribution in [-0.4, -0.2) is 29.9 Å². The lowest BCUT2D eigenvalue weighted by atomic mass is 9.87. The van der Waals surface area contributed by atoms with Crippen molar-refractivity contribution < 1.29 is 14.0 Å². The van der Waals surface area contributed by atoms with Gasteiger partial charge >= 0.3 is 0 Å². The summed E-state index contributed by atoms with van der Waals surface area (Å²) in [5.74, 6) is -1.41. The van der Waals surface area contributed by atoms with Gasteiger partial charge in [0, 0.05) is 17.7 Å². The fraction of sp³-hybridized carbons (Fsp3) is 0.391. The van der Waals surface area contributed by atoms with E-state index in [1.165, 1.54) is 12.2 Å². The first-order chi connectivity index (χ1) is 14.5. The summed E-state index contributed by atoms with van der Waals surface area (Å²) in [6.45, 7) is 0. The van der Waals surface area contributed by atoms with E-state index in [4.69, 9.17) is 0 Å². The Labute approximate surface area is 172 Å². The first kappa shape index (κ1) is 18.9. The Morgan fingerprint density at radius 2 is 2.23 bits per heavy atom. The van der Waals surface area contributed by atoms with Crippen molar-refractivity contribution >= 4 is 17.4 Å². The predicted octanol–water partition coefficient (Wildman–Crippen LogP) is 0.728. The van der Waals surface area contributed by atoms with Crippen LogP contribution < -0.4 is 21.2 Å². The van der Waals surface area contributed by atoms with Gasteiger partial charge in [-0.15, -0.1) is 0 Å². The van der Waals surface area contributed by atoms with Crippen LogP contribution in [0, 0.1) is 23.2 Å². The van der Waals surface area contributed by atoms with Crippen molar-refractivity contribution in [2.24, 2.45) is 16.8 Å². The molecule has 1 saturated carbocycles. The molecule has 0 aromatic heterocycles. The Kier molecular flexibility index (Phi) is 4.59. The monoisotopic (exact) mass is 404 g/mol. The second kappa shape index (κ2) is 7.29. The van der Waals surface area contributed by atoms with Crippen LogP contribution >= 0.6 is 0 Å². The van der Waals surface area contributed by atoms with E-state index in [1.54, 1.807) is 18.2 Å². The van der Waals surface area contributed by atoms with Gasteiger partial charge in [0.15, 0.2) is 0 Å². The topological polar surface area (TPSA) is 94.3 Å². The first-order valence-electron chi connectivity index (χ1n) is 10.3. The number of piperidine rings is 1. The maximum Gasteiger partial charge on any atom is 0.257 e. The number of nitriles is 1. The minimum Gasteiger partial charge on any atom is -0.339 e.